The summed E-state index contributed by atoms with van der Waals surface area (Å²) in [6, 6.07) is 4.74. The third kappa shape index (κ3) is 4.07. The first-order valence-electron chi connectivity index (χ1n) is 8.78. The van der Waals surface area contributed by atoms with Gasteiger partial charge in [0, 0.05) is 26.2 Å². The lowest BCUT2D eigenvalue weighted by atomic mass is 9.91. The molecule has 27 heavy (non-hydrogen) atoms. The van der Waals surface area contributed by atoms with Crippen LogP contribution in [0.15, 0.2) is 29.3 Å². The molecule has 9 heteroatoms. The minimum absolute atomic E-state index is 0.142. The van der Waals surface area contributed by atoms with Gasteiger partial charge in [0.2, 0.25) is 18.3 Å². The van der Waals surface area contributed by atoms with Crippen molar-refractivity contribution in [1.82, 2.24) is 15.1 Å². The predicted octanol–water partition coefficient (Wildman–Crippen LogP) is 0.306. The van der Waals surface area contributed by atoms with Gasteiger partial charge in [-0.15, -0.1) is 0 Å². The Hall–Kier alpha value is -2.97. The molecule has 2 atom stereocenters. The maximum atomic E-state index is 13.3. The summed E-state index contributed by atoms with van der Waals surface area (Å²) in [6.07, 6.45) is 0.788. The van der Waals surface area contributed by atoms with E-state index in [-0.39, 0.29) is 6.61 Å². The van der Waals surface area contributed by atoms with Gasteiger partial charge in [-0.25, -0.2) is 9.38 Å². The average Bonchev–Trinajstić information content (AvgIpc) is 2.68. The molecule has 0 saturated carbocycles. The van der Waals surface area contributed by atoms with Crippen LogP contribution in [0.4, 0.5) is 4.39 Å². The Bertz CT molecular complexity index is 744. The molecule has 1 saturated heterocycles. The molecule has 0 unspecified atom stereocenters. The Labute approximate surface area is 156 Å². The third-order valence-electron chi connectivity index (χ3n) is 4.61. The van der Waals surface area contributed by atoms with Crippen molar-refractivity contribution in [3.05, 3.63) is 35.6 Å². The zero-order valence-electron chi connectivity index (χ0n) is 14.9. The Morgan fingerprint density at radius 3 is 2.56 bits per heavy atom. The first kappa shape index (κ1) is 18.8. The molecule has 1 aromatic carbocycles. The maximum Gasteiger partial charge on any atom is 0.321 e. The molecule has 2 heterocycles. The number of hydrogen-bond acceptors (Lipinski definition) is 6. The van der Waals surface area contributed by atoms with Crippen LogP contribution in [0, 0.1) is 11.7 Å². The van der Waals surface area contributed by atoms with Gasteiger partial charge >= 0.3 is 5.97 Å². The topological polar surface area (TPSA) is 91.3 Å². The summed E-state index contributed by atoms with van der Waals surface area (Å²) in [5, 5.41) is 2.67. The third-order valence-corrected chi connectivity index (χ3v) is 4.61. The Kier molecular flexibility index (Phi) is 5.68. The van der Waals surface area contributed by atoms with Crippen molar-refractivity contribution < 1.29 is 23.5 Å². The van der Waals surface area contributed by atoms with Gasteiger partial charge in [-0.3, -0.25) is 19.7 Å². The van der Waals surface area contributed by atoms with E-state index in [2.05, 4.69) is 10.3 Å². The summed E-state index contributed by atoms with van der Waals surface area (Å²) >= 11 is 0. The molecule has 2 aliphatic heterocycles. The summed E-state index contributed by atoms with van der Waals surface area (Å²) in [5.74, 6) is -2.39. The van der Waals surface area contributed by atoms with Gasteiger partial charge in [0.15, 0.2) is 5.92 Å². The first-order valence-corrected chi connectivity index (χ1v) is 8.78. The number of nitrogens with one attached hydrogen (secondary N) is 1. The van der Waals surface area contributed by atoms with E-state index in [1.54, 1.807) is 11.8 Å². The van der Waals surface area contributed by atoms with Crippen molar-refractivity contribution in [2.24, 2.45) is 10.9 Å². The monoisotopic (exact) mass is 376 g/mol. The van der Waals surface area contributed by atoms with Crippen LogP contribution < -0.4 is 5.32 Å². The van der Waals surface area contributed by atoms with E-state index < -0.39 is 29.7 Å². The molecule has 144 valence electrons. The SMILES string of the molecule is CCOC(=O)[C@H]1C(=O)NC(N2CCN(C=O)CC2)=N[C@@H]1c1ccc(F)cc1. The van der Waals surface area contributed by atoms with E-state index in [1.165, 1.54) is 24.3 Å². The summed E-state index contributed by atoms with van der Waals surface area (Å²) in [7, 11) is 0. The van der Waals surface area contributed by atoms with Gasteiger partial charge in [0.1, 0.15) is 11.9 Å². The maximum absolute atomic E-state index is 13.3. The van der Waals surface area contributed by atoms with Crippen molar-refractivity contribution in [3.8, 4) is 0 Å². The standard InChI is InChI=1S/C18H21FN4O4/c1-2-27-17(26)14-15(12-3-5-13(19)6-4-12)20-18(21-16(14)25)23-9-7-22(11-24)8-10-23/h3-6,11,14-15H,2,7-10H2,1H3,(H,20,21,25)/t14-,15-/m1/s1. The Morgan fingerprint density at radius 1 is 1.30 bits per heavy atom. The van der Waals surface area contributed by atoms with Crippen molar-refractivity contribution >= 4 is 24.2 Å². The predicted molar refractivity (Wildman–Crippen MR) is 94.1 cm³/mol. The summed E-state index contributed by atoms with van der Waals surface area (Å²) < 4.78 is 18.3. The van der Waals surface area contributed by atoms with Crippen LogP contribution in [0.5, 0.6) is 0 Å². The van der Waals surface area contributed by atoms with Gasteiger partial charge in [-0.2, -0.15) is 0 Å². The molecule has 1 aromatic rings. The lowest BCUT2D eigenvalue weighted by Gasteiger charge is -2.37. The molecule has 2 amide bonds. The molecular weight excluding hydrogens is 355 g/mol. The highest BCUT2D eigenvalue weighted by atomic mass is 19.1. The van der Waals surface area contributed by atoms with Gasteiger partial charge in [-0.1, -0.05) is 12.1 Å². The molecule has 0 aliphatic carbocycles. The fourth-order valence-electron chi connectivity index (χ4n) is 3.16. The molecule has 0 aromatic heterocycles. The van der Waals surface area contributed by atoms with Gasteiger partial charge in [0.25, 0.3) is 0 Å². The van der Waals surface area contributed by atoms with Crippen LogP contribution in [0.1, 0.15) is 18.5 Å². The highest BCUT2D eigenvalue weighted by Gasteiger charge is 2.42. The zero-order valence-corrected chi connectivity index (χ0v) is 14.9. The number of carbonyl (C=O) groups excluding carboxylic acids is 3. The molecule has 2 aliphatic rings. The minimum atomic E-state index is -1.14. The Morgan fingerprint density at radius 2 is 1.96 bits per heavy atom. The van der Waals surface area contributed by atoms with Crippen LogP contribution in [-0.4, -0.2) is 66.8 Å². The number of aliphatic imine (C=N–C) groups is 1. The van der Waals surface area contributed by atoms with Crippen molar-refractivity contribution in [3.63, 3.8) is 0 Å². The number of rotatable bonds is 4. The Balaban J connectivity index is 1.91. The van der Waals surface area contributed by atoms with Crippen LogP contribution >= 0.6 is 0 Å². The number of carbonyl (C=O) groups is 3. The summed E-state index contributed by atoms with van der Waals surface area (Å²) in [4.78, 5) is 43.9. The van der Waals surface area contributed by atoms with Crippen molar-refractivity contribution in [2.75, 3.05) is 32.8 Å². The van der Waals surface area contributed by atoms with Gasteiger partial charge in [0.05, 0.1) is 6.61 Å². The largest absolute Gasteiger partial charge is 0.465 e. The van der Waals surface area contributed by atoms with Gasteiger partial charge < -0.3 is 14.5 Å². The number of amides is 2. The molecule has 0 bridgehead atoms. The van der Waals surface area contributed by atoms with Crippen LogP contribution in [0.3, 0.4) is 0 Å². The minimum Gasteiger partial charge on any atom is -0.465 e. The van der Waals surface area contributed by atoms with Gasteiger partial charge in [-0.05, 0) is 24.6 Å². The molecule has 1 N–H and O–H groups in total. The van der Waals surface area contributed by atoms with Crippen LogP contribution in [0.2, 0.25) is 0 Å². The molecular formula is C18H21FN4O4. The van der Waals surface area contributed by atoms with Crippen molar-refractivity contribution in [2.45, 2.75) is 13.0 Å². The number of nitrogens with zero attached hydrogens (tertiary/aromatic N) is 3. The highest BCUT2D eigenvalue weighted by Crippen LogP contribution is 2.31. The van der Waals surface area contributed by atoms with E-state index >= 15 is 0 Å². The lowest BCUT2D eigenvalue weighted by molar-refractivity contribution is -0.153. The van der Waals surface area contributed by atoms with Crippen molar-refractivity contribution in [1.29, 1.82) is 0 Å². The quantitative estimate of drug-likeness (QED) is 0.464. The lowest BCUT2D eigenvalue weighted by Crippen LogP contribution is -2.57. The number of ether oxygens (including phenoxy) is 1. The smallest absolute Gasteiger partial charge is 0.321 e. The number of hydrogen-bond donors (Lipinski definition) is 1. The second-order valence-corrected chi connectivity index (χ2v) is 6.30. The van der Waals surface area contributed by atoms with E-state index in [9.17, 15) is 18.8 Å². The second-order valence-electron chi connectivity index (χ2n) is 6.30. The summed E-state index contributed by atoms with van der Waals surface area (Å²) in [6.45, 7) is 3.85. The number of benzene rings is 1. The van der Waals surface area contributed by atoms with E-state index in [4.69, 9.17) is 4.74 Å². The first-order chi connectivity index (χ1) is 13.0. The van der Waals surface area contributed by atoms with E-state index in [1.807, 2.05) is 4.90 Å². The molecule has 8 nitrogen and oxygen atoms in total. The average molecular weight is 376 g/mol. The van der Waals surface area contributed by atoms with Crippen LogP contribution in [-0.2, 0) is 19.1 Å². The summed E-state index contributed by atoms with van der Waals surface area (Å²) in [5.41, 5.74) is 0.549. The number of halogens is 1. The molecule has 0 radical (unpaired) electrons. The molecule has 3 rings (SSSR count). The van der Waals surface area contributed by atoms with E-state index in [0.717, 1.165) is 6.41 Å². The van der Waals surface area contributed by atoms with E-state index in [0.29, 0.717) is 37.7 Å². The number of guanidine groups is 1. The fourth-order valence-corrected chi connectivity index (χ4v) is 3.16. The molecule has 0 spiro atoms. The number of piperazine rings is 1. The number of esters is 1. The normalized spacial score (nSPS) is 22.7. The molecule has 1 fully saturated rings. The fraction of sp³-hybridized carbons (Fsp3) is 0.444. The van der Waals surface area contributed by atoms with Crippen LogP contribution in [0.25, 0.3) is 0 Å². The highest BCUT2D eigenvalue weighted by molar-refractivity contribution is 6.08. The zero-order chi connectivity index (χ0) is 19.4. The second kappa shape index (κ2) is 8.15.